The predicted octanol–water partition coefficient (Wildman–Crippen LogP) is 3.25. The first-order chi connectivity index (χ1) is 9.65. The molecule has 2 aromatic rings. The first-order valence-corrected chi connectivity index (χ1v) is 6.67. The fraction of sp³-hybridized carbons (Fsp3) is 0.294. The van der Waals surface area contributed by atoms with Gasteiger partial charge in [0.2, 0.25) is 0 Å². The Balaban J connectivity index is 2.23. The van der Waals surface area contributed by atoms with Gasteiger partial charge in [0.05, 0.1) is 14.2 Å². The van der Waals surface area contributed by atoms with Crippen molar-refractivity contribution >= 4 is 0 Å². The molecule has 1 atom stereocenters. The Kier molecular flexibility index (Phi) is 4.64. The quantitative estimate of drug-likeness (QED) is 0.908. The van der Waals surface area contributed by atoms with Crippen molar-refractivity contribution in [1.82, 2.24) is 0 Å². The minimum Gasteiger partial charge on any atom is -0.497 e. The van der Waals surface area contributed by atoms with E-state index < -0.39 is 0 Å². The summed E-state index contributed by atoms with van der Waals surface area (Å²) in [6.45, 7) is 2.08. The maximum Gasteiger partial charge on any atom is 0.125 e. The molecule has 0 radical (unpaired) electrons. The van der Waals surface area contributed by atoms with Crippen LogP contribution in [-0.2, 0) is 6.42 Å². The van der Waals surface area contributed by atoms with Gasteiger partial charge in [0.15, 0.2) is 0 Å². The first kappa shape index (κ1) is 14.4. The molecule has 0 aromatic heterocycles. The SMILES string of the molecule is COc1ccc(CC(N)c2ccccc2C)c(OC)c1. The van der Waals surface area contributed by atoms with Crippen molar-refractivity contribution in [2.45, 2.75) is 19.4 Å². The van der Waals surface area contributed by atoms with Crippen LogP contribution in [0.25, 0.3) is 0 Å². The Labute approximate surface area is 120 Å². The van der Waals surface area contributed by atoms with Gasteiger partial charge in [0.25, 0.3) is 0 Å². The van der Waals surface area contributed by atoms with Gasteiger partial charge in [0.1, 0.15) is 11.5 Å². The fourth-order valence-corrected chi connectivity index (χ4v) is 2.37. The van der Waals surface area contributed by atoms with E-state index in [1.807, 2.05) is 30.3 Å². The third kappa shape index (κ3) is 3.11. The summed E-state index contributed by atoms with van der Waals surface area (Å²) in [6, 6.07) is 14.0. The zero-order valence-electron chi connectivity index (χ0n) is 12.2. The number of aryl methyl sites for hydroxylation is 1. The van der Waals surface area contributed by atoms with E-state index in [0.717, 1.165) is 23.5 Å². The summed E-state index contributed by atoms with van der Waals surface area (Å²) in [4.78, 5) is 0. The predicted molar refractivity (Wildman–Crippen MR) is 81.4 cm³/mol. The highest BCUT2D eigenvalue weighted by Gasteiger charge is 2.13. The van der Waals surface area contributed by atoms with Gasteiger partial charge in [-0.15, -0.1) is 0 Å². The molecule has 0 aliphatic rings. The van der Waals surface area contributed by atoms with Crippen LogP contribution < -0.4 is 15.2 Å². The van der Waals surface area contributed by atoms with Crippen molar-refractivity contribution in [3.63, 3.8) is 0 Å². The van der Waals surface area contributed by atoms with Gasteiger partial charge in [-0.05, 0) is 36.1 Å². The lowest BCUT2D eigenvalue weighted by Crippen LogP contribution is -2.15. The lowest BCUT2D eigenvalue weighted by Gasteiger charge is -2.17. The number of hydrogen-bond acceptors (Lipinski definition) is 3. The summed E-state index contributed by atoms with van der Waals surface area (Å²) in [6.07, 6.45) is 0.734. The van der Waals surface area contributed by atoms with E-state index in [0.29, 0.717) is 0 Å². The summed E-state index contributed by atoms with van der Waals surface area (Å²) in [5.41, 5.74) is 9.81. The van der Waals surface area contributed by atoms with E-state index in [4.69, 9.17) is 15.2 Å². The van der Waals surface area contributed by atoms with Crippen molar-refractivity contribution in [1.29, 1.82) is 0 Å². The van der Waals surface area contributed by atoms with E-state index in [-0.39, 0.29) is 6.04 Å². The van der Waals surface area contributed by atoms with Crippen LogP contribution in [0.15, 0.2) is 42.5 Å². The van der Waals surface area contributed by atoms with Crippen LogP contribution >= 0.6 is 0 Å². The van der Waals surface area contributed by atoms with E-state index in [9.17, 15) is 0 Å². The van der Waals surface area contributed by atoms with E-state index in [1.165, 1.54) is 11.1 Å². The highest BCUT2D eigenvalue weighted by atomic mass is 16.5. The Bertz CT molecular complexity index is 581. The zero-order valence-corrected chi connectivity index (χ0v) is 12.2. The monoisotopic (exact) mass is 271 g/mol. The normalized spacial score (nSPS) is 12.0. The zero-order chi connectivity index (χ0) is 14.5. The molecule has 1 unspecified atom stereocenters. The third-order valence-electron chi connectivity index (χ3n) is 3.52. The average Bonchev–Trinajstić information content (AvgIpc) is 2.48. The molecule has 0 amide bonds. The van der Waals surface area contributed by atoms with Crippen LogP contribution in [0.5, 0.6) is 11.5 Å². The molecule has 0 spiro atoms. The maximum atomic E-state index is 6.34. The Morgan fingerprint density at radius 1 is 1.05 bits per heavy atom. The van der Waals surface area contributed by atoms with E-state index in [1.54, 1.807) is 14.2 Å². The molecule has 2 rings (SSSR count). The van der Waals surface area contributed by atoms with Crippen molar-refractivity contribution in [3.05, 3.63) is 59.2 Å². The fourth-order valence-electron chi connectivity index (χ4n) is 2.37. The second-order valence-corrected chi connectivity index (χ2v) is 4.84. The summed E-state index contributed by atoms with van der Waals surface area (Å²) in [5.74, 6) is 1.60. The van der Waals surface area contributed by atoms with Crippen LogP contribution in [0.2, 0.25) is 0 Å². The topological polar surface area (TPSA) is 44.5 Å². The molecular formula is C17H21NO2. The van der Waals surface area contributed by atoms with Crippen molar-refractivity contribution < 1.29 is 9.47 Å². The van der Waals surface area contributed by atoms with Crippen molar-refractivity contribution in [2.75, 3.05) is 14.2 Å². The third-order valence-corrected chi connectivity index (χ3v) is 3.52. The van der Waals surface area contributed by atoms with Crippen LogP contribution in [0.4, 0.5) is 0 Å². The van der Waals surface area contributed by atoms with Crippen LogP contribution in [0, 0.1) is 6.92 Å². The lowest BCUT2D eigenvalue weighted by molar-refractivity contribution is 0.390. The van der Waals surface area contributed by atoms with E-state index in [2.05, 4.69) is 19.1 Å². The smallest absolute Gasteiger partial charge is 0.125 e. The van der Waals surface area contributed by atoms with Gasteiger partial charge in [-0.1, -0.05) is 30.3 Å². The van der Waals surface area contributed by atoms with Crippen LogP contribution in [-0.4, -0.2) is 14.2 Å². The summed E-state index contributed by atoms with van der Waals surface area (Å²) < 4.78 is 10.6. The molecule has 3 nitrogen and oxygen atoms in total. The van der Waals surface area contributed by atoms with Crippen molar-refractivity contribution in [2.24, 2.45) is 5.73 Å². The molecule has 0 aliphatic heterocycles. The molecule has 0 fully saturated rings. The minimum atomic E-state index is -0.0431. The molecule has 2 aromatic carbocycles. The minimum absolute atomic E-state index is 0.0431. The second kappa shape index (κ2) is 6.44. The molecule has 0 heterocycles. The summed E-state index contributed by atoms with van der Waals surface area (Å²) >= 11 is 0. The van der Waals surface area contributed by atoms with Gasteiger partial charge in [-0.2, -0.15) is 0 Å². The largest absolute Gasteiger partial charge is 0.497 e. The molecule has 3 heteroatoms. The Morgan fingerprint density at radius 2 is 1.80 bits per heavy atom. The number of ether oxygens (including phenoxy) is 2. The second-order valence-electron chi connectivity index (χ2n) is 4.84. The van der Waals surface area contributed by atoms with Gasteiger partial charge in [-0.25, -0.2) is 0 Å². The number of hydrogen-bond donors (Lipinski definition) is 1. The summed E-state index contributed by atoms with van der Waals surface area (Å²) in [5, 5.41) is 0. The highest BCUT2D eigenvalue weighted by Crippen LogP contribution is 2.28. The van der Waals surface area contributed by atoms with E-state index >= 15 is 0 Å². The molecule has 2 N–H and O–H groups in total. The average molecular weight is 271 g/mol. The van der Waals surface area contributed by atoms with Crippen LogP contribution in [0.3, 0.4) is 0 Å². The molecule has 0 saturated carbocycles. The molecular weight excluding hydrogens is 250 g/mol. The molecule has 0 bridgehead atoms. The molecule has 20 heavy (non-hydrogen) atoms. The van der Waals surface area contributed by atoms with Gasteiger partial charge >= 0.3 is 0 Å². The first-order valence-electron chi connectivity index (χ1n) is 6.67. The maximum absolute atomic E-state index is 6.34. The standard InChI is InChI=1S/C17H21NO2/c1-12-6-4-5-7-15(12)16(18)10-13-8-9-14(19-2)11-17(13)20-3/h4-9,11,16H,10,18H2,1-3H3. The van der Waals surface area contributed by atoms with Gasteiger partial charge < -0.3 is 15.2 Å². The number of nitrogens with two attached hydrogens (primary N) is 1. The Morgan fingerprint density at radius 3 is 2.45 bits per heavy atom. The lowest BCUT2D eigenvalue weighted by atomic mass is 9.95. The van der Waals surface area contributed by atoms with Gasteiger partial charge in [0, 0.05) is 12.1 Å². The molecule has 0 saturated heterocycles. The number of rotatable bonds is 5. The summed E-state index contributed by atoms with van der Waals surface area (Å²) in [7, 11) is 3.31. The van der Waals surface area contributed by atoms with Crippen molar-refractivity contribution in [3.8, 4) is 11.5 Å². The van der Waals surface area contributed by atoms with Gasteiger partial charge in [-0.3, -0.25) is 0 Å². The molecule has 0 aliphatic carbocycles. The number of methoxy groups -OCH3 is 2. The number of benzene rings is 2. The highest BCUT2D eigenvalue weighted by molar-refractivity contribution is 5.42. The Hall–Kier alpha value is -2.00. The molecule has 106 valence electrons. The van der Waals surface area contributed by atoms with Crippen LogP contribution in [0.1, 0.15) is 22.7 Å².